The maximum absolute atomic E-state index is 12.2. The van der Waals surface area contributed by atoms with E-state index in [1.165, 1.54) is 19.3 Å². The largest absolute Gasteiger partial charge is 0.378 e. The molecule has 3 atom stereocenters. The van der Waals surface area contributed by atoms with Crippen LogP contribution in [-0.2, 0) is 9.53 Å². The summed E-state index contributed by atoms with van der Waals surface area (Å²) < 4.78 is 5.90. The Morgan fingerprint density at radius 2 is 1.95 bits per heavy atom. The van der Waals surface area contributed by atoms with Gasteiger partial charge in [0.1, 0.15) is 0 Å². The summed E-state index contributed by atoms with van der Waals surface area (Å²) in [7, 11) is 0. The number of hydrogen-bond donors (Lipinski definition) is 2. The molecule has 2 N–H and O–H groups in total. The Bertz CT molecular complexity index is 340. The van der Waals surface area contributed by atoms with Crippen LogP contribution in [0, 0.1) is 23.7 Å². The fourth-order valence-electron chi connectivity index (χ4n) is 4.01. The van der Waals surface area contributed by atoms with Crippen LogP contribution in [0.1, 0.15) is 52.9 Å². The number of carbonyl (C=O) groups is 1. The average Bonchev–Trinajstić information content (AvgIpc) is 2.54. The van der Waals surface area contributed by atoms with E-state index < -0.39 is 0 Å². The second kappa shape index (κ2) is 8.88. The van der Waals surface area contributed by atoms with Crippen molar-refractivity contribution in [1.82, 2.24) is 10.6 Å². The van der Waals surface area contributed by atoms with Gasteiger partial charge in [-0.3, -0.25) is 4.79 Å². The van der Waals surface area contributed by atoms with E-state index in [0.29, 0.717) is 36.2 Å². The predicted octanol–water partition coefficient (Wildman–Crippen LogP) is 2.58. The van der Waals surface area contributed by atoms with Crippen molar-refractivity contribution in [3.05, 3.63) is 0 Å². The molecule has 0 aliphatic carbocycles. The summed E-state index contributed by atoms with van der Waals surface area (Å²) in [5.41, 5.74) is 0. The van der Waals surface area contributed by atoms with Gasteiger partial charge in [-0.15, -0.1) is 0 Å². The molecule has 128 valence electrons. The molecular formula is C18H34N2O2. The average molecular weight is 310 g/mol. The smallest absolute Gasteiger partial charge is 0.220 e. The molecule has 2 aliphatic rings. The van der Waals surface area contributed by atoms with Crippen molar-refractivity contribution in [1.29, 1.82) is 0 Å². The molecule has 0 aromatic rings. The molecule has 0 bridgehead atoms. The first kappa shape index (κ1) is 17.7. The Hall–Kier alpha value is -0.610. The molecule has 0 aromatic carbocycles. The molecule has 4 nitrogen and oxygen atoms in total. The van der Waals surface area contributed by atoms with Crippen LogP contribution in [0.4, 0.5) is 0 Å². The summed E-state index contributed by atoms with van der Waals surface area (Å²) >= 11 is 0. The lowest BCUT2D eigenvalue weighted by molar-refractivity contribution is -0.123. The van der Waals surface area contributed by atoms with Gasteiger partial charge in [0, 0.05) is 25.5 Å². The van der Waals surface area contributed by atoms with Crippen LogP contribution < -0.4 is 10.6 Å². The zero-order valence-electron chi connectivity index (χ0n) is 14.6. The Morgan fingerprint density at radius 3 is 2.64 bits per heavy atom. The van der Waals surface area contributed by atoms with Crippen LogP contribution in [0.15, 0.2) is 0 Å². The highest BCUT2D eigenvalue weighted by molar-refractivity contribution is 5.76. The van der Waals surface area contributed by atoms with Crippen molar-refractivity contribution >= 4 is 5.91 Å². The molecule has 22 heavy (non-hydrogen) atoms. The monoisotopic (exact) mass is 310 g/mol. The van der Waals surface area contributed by atoms with Crippen molar-refractivity contribution in [3.8, 4) is 0 Å². The molecular weight excluding hydrogens is 276 g/mol. The fourth-order valence-corrected chi connectivity index (χ4v) is 4.01. The second-order valence-electron chi connectivity index (χ2n) is 7.55. The maximum Gasteiger partial charge on any atom is 0.220 e. The first-order valence-corrected chi connectivity index (χ1v) is 9.17. The normalized spacial score (nSPS) is 28.5. The molecule has 2 rings (SSSR count). The van der Waals surface area contributed by atoms with Crippen LogP contribution in [0.25, 0.3) is 0 Å². The summed E-state index contributed by atoms with van der Waals surface area (Å²) in [6.45, 7) is 10.5. The van der Waals surface area contributed by atoms with Gasteiger partial charge in [0.2, 0.25) is 5.91 Å². The van der Waals surface area contributed by atoms with Crippen molar-refractivity contribution in [2.75, 3.05) is 26.2 Å². The third-order valence-corrected chi connectivity index (χ3v) is 5.41. The van der Waals surface area contributed by atoms with Gasteiger partial charge < -0.3 is 15.4 Å². The first-order chi connectivity index (χ1) is 10.6. The van der Waals surface area contributed by atoms with E-state index in [1.54, 1.807) is 0 Å². The van der Waals surface area contributed by atoms with E-state index in [-0.39, 0.29) is 5.91 Å². The number of amides is 1. The van der Waals surface area contributed by atoms with E-state index in [2.05, 4.69) is 31.4 Å². The lowest BCUT2D eigenvalue weighted by Crippen LogP contribution is -2.42. The Balaban J connectivity index is 1.72. The van der Waals surface area contributed by atoms with Gasteiger partial charge in [-0.1, -0.05) is 20.8 Å². The van der Waals surface area contributed by atoms with Gasteiger partial charge in [0.15, 0.2) is 0 Å². The van der Waals surface area contributed by atoms with Crippen molar-refractivity contribution in [2.45, 2.75) is 59.0 Å². The number of nitrogens with one attached hydrogen (secondary N) is 2. The highest BCUT2D eigenvalue weighted by Gasteiger charge is 2.29. The minimum absolute atomic E-state index is 0.221. The number of rotatable bonds is 6. The van der Waals surface area contributed by atoms with Gasteiger partial charge >= 0.3 is 0 Å². The summed E-state index contributed by atoms with van der Waals surface area (Å²) in [5, 5.41) is 6.56. The van der Waals surface area contributed by atoms with Crippen LogP contribution in [0.5, 0.6) is 0 Å². The van der Waals surface area contributed by atoms with Gasteiger partial charge in [0.05, 0.1) is 6.10 Å². The predicted molar refractivity (Wildman–Crippen MR) is 89.7 cm³/mol. The molecule has 1 amide bonds. The van der Waals surface area contributed by atoms with Crippen molar-refractivity contribution in [3.63, 3.8) is 0 Å². The SMILES string of the molecule is CC(C)C1OCCCC1CNC(=O)CC(C)C1CCNCC1. The van der Waals surface area contributed by atoms with Gasteiger partial charge in [-0.25, -0.2) is 0 Å². The van der Waals surface area contributed by atoms with Crippen LogP contribution in [0.2, 0.25) is 0 Å². The fraction of sp³-hybridized carbons (Fsp3) is 0.944. The zero-order valence-corrected chi connectivity index (χ0v) is 14.6. The summed E-state index contributed by atoms with van der Waals surface area (Å²) in [6, 6.07) is 0. The number of carbonyl (C=O) groups excluding carboxylic acids is 1. The summed E-state index contributed by atoms with van der Waals surface area (Å²) in [6.07, 6.45) is 5.68. The third-order valence-electron chi connectivity index (χ3n) is 5.41. The maximum atomic E-state index is 12.2. The Kier molecular flexibility index (Phi) is 7.16. The molecule has 0 radical (unpaired) electrons. The highest BCUT2D eigenvalue weighted by Crippen LogP contribution is 2.26. The number of hydrogen-bond acceptors (Lipinski definition) is 3. The highest BCUT2D eigenvalue weighted by atomic mass is 16.5. The Labute approximate surface area is 135 Å². The molecule has 4 heteroatoms. The zero-order chi connectivity index (χ0) is 15.9. The number of piperidine rings is 1. The first-order valence-electron chi connectivity index (χ1n) is 9.17. The topological polar surface area (TPSA) is 50.4 Å². The molecule has 2 saturated heterocycles. The summed E-state index contributed by atoms with van der Waals surface area (Å²) in [4.78, 5) is 12.2. The second-order valence-corrected chi connectivity index (χ2v) is 7.55. The van der Waals surface area contributed by atoms with E-state index in [4.69, 9.17) is 4.74 Å². The van der Waals surface area contributed by atoms with Gasteiger partial charge in [-0.2, -0.15) is 0 Å². The minimum atomic E-state index is 0.221. The minimum Gasteiger partial charge on any atom is -0.378 e. The third kappa shape index (κ3) is 5.24. The molecule has 2 fully saturated rings. The molecule has 2 heterocycles. The van der Waals surface area contributed by atoms with E-state index in [1.807, 2.05) is 0 Å². The lowest BCUT2D eigenvalue weighted by Gasteiger charge is -2.34. The molecule has 0 saturated carbocycles. The van der Waals surface area contributed by atoms with Gasteiger partial charge in [-0.05, 0) is 56.5 Å². The van der Waals surface area contributed by atoms with E-state index in [9.17, 15) is 4.79 Å². The van der Waals surface area contributed by atoms with E-state index in [0.717, 1.165) is 32.7 Å². The summed E-state index contributed by atoms with van der Waals surface area (Å²) in [5.74, 6) is 2.42. The molecule has 3 unspecified atom stereocenters. The van der Waals surface area contributed by atoms with Crippen LogP contribution >= 0.6 is 0 Å². The van der Waals surface area contributed by atoms with E-state index >= 15 is 0 Å². The van der Waals surface area contributed by atoms with Crippen molar-refractivity contribution < 1.29 is 9.53 Å². The molecule has 0 spiro atoms. The lowest BCUT2D eigenvalue weighted by atomic mass is 9.84. The molecule has 2 aliphatic heterocycles. The van der Waals surface area contributed by atoms with Crippen LogP contribution in [-0.4, -0.2) is 38.3 Å². The van der Waals surface area contributed by atoms with Gasteiger partial charge in [0.25, 0.3) is 0 Å². The Morgan fingerprint density at radius 1 is 1.23 bits per heavy atom. The van der Waals surface area contributed by atoms with Crippen LogP contribution in [0.3, 0.4) is 0 Å². The van der Waals surface area contributed by atoms with Crippen molar-refractivity contribution in [2.24, 2.45) is 23.7 Å². The number of ether oxygens (including phenoxy) is 1. The quantitative estimate of drug-likeness (QED) is 0.793. The molecule has 0 aromatic heterocycles. The standard InChI is InChI=1S/C18H34N2O2/c1-13(2)18-16(5-4-10-22-18)12-20-17(21)11-14(3)15-6-8-19-9-7-15/h13-16,18-19H,4-12H2,1-3H3,(H,20,21).